The third-order valence-electron chi connectivity index (χ3n) is 3.54. The molecule has 102 valence electrons. The lowest BCUT2D eigenvalue weighted by molar-refractivity contribution is 0.228. The van der Waals surface area contributed by atoms with Crippen LogP contribution >= 0.6 is 0 Å². The summed E-state index contributed by atoms with van der Waals surface area (Å²) in [5.74, 6) is 2.90. The van der Waals surface area contributed by atoms with Crippen LogP contribution in [0.2, 0.25) is 0 Å². The van der Waals surface area contributed by atoms with Crippen molar-refractivity contribution in [2.24, 2.45) is 0 Å². The van der Waals surface area contributed by atoms with Gasteiger partial charge in [0.2, 0.25) is 0 Å². The first-order valence-corrected chi connectivity index (χ1v) is 6.77. The number of piperazine rings is 1. The molecular weight excluding hydrogens is 240 g/mol. The van der Waals surface area contributed by atoms with Gasteiger partial charge in [-0.2, -0.15) is 0 Å². The van der Waals surface area contributed by atoms with Gasteiger partial charge < -0.3 is 14.7 Å². The molecule has 0 aliphatic carbocycles. The van der Waals surface area contributed by atoms with Crippen molar-refractivity contribution in [3.8, 4) is 11.3 Å². The number of rotatable bonds is 3. The number of nitrogens with zero attached hydrogens (tertiary/aromatic N) is 2. The maximum absolute atomic E-state index is 5.56. The second kappa shape index (κ2) is 5.19. The third kappa shape index (κ3) is 2.72. The maximum atomic E-state index is 5.56. The lowest BCUT2D eigenvalue weighted by Crippen LogP contribution is -2.43. The summed E-state index contributed by atoms with van der Waals surface area (Å²) in [7, 11) is 0. The van der Waals surface area contributed by atoms with Crippen LogP contribution < -0.4 is 5.32 Å². The molecule has 0 aromatic carbocycles. The van der Waals surface area contributed by atoms with E-state index in [1.54, 1.807) is 0 Å². The van der Waals surface area contributed by atoms with Gasteiger partial charge in [0.25, 0.3) is 0 Å². The molecule has 1 fully saturated rings. The predicted octanol–water partition coefficient (Wildman–Crippen LogP) is 1.69. The fourth-order valence-corrected chi connectivity index (χ4v) is 2.56. The highest BCUT2D eigenvalue weighted by Crippen LogP contribution is 2.25. The Morgan fingerprint density at radius 3 is 2.79 bits per heavy atom. The van der Waals surface area contributed by atoms with Gasteiger partial charge in [0.1, 0.15) is 17.3 Å². The van der Waals surface area contributed by atoms with Crippen LogP contribution in [-0.2, 0) is 6.54 Å². The number of imidazole rings is 1. The average molecular weight is 260 g/mol. The normalized spacial score (nSPS) is 16.9. The number of H-pyrrole nitrogens is 1. The van der Waals surface area contributed by atoms with E-state index in [2.05, 4.69) is 26.3 Å². The van der Waals surface area contributed by atoms with E-state index in [0.29, 0.717) is 0 Å². The Morgan fingerprint density at radius 2 is 2.11 bits per heavy atom. The fraction of sp³-hybridized carbons (Fsp3) is 0.500. The monoisotopic (exact) mass is 260 g/mol. The summed E-state index contributed by atoms with van der Waals surface area (Å²) in [6.07, 6.45) is 1.90. The molecule has 2 aromatic heterocycles. The van der Waals surface area contributed by atoms with Crippen LogP contribution in [0.4, 0.5) is 0 Å². The minimum absolute atomic E-state index is 0.886. The van der Waals surface area contributed by atoms with Gasteiger partial charge in [0.15, 0.2) is 0 Å². The van der Waals surface area contributed by atoms with E-state index in [4.69, 9.17) is 4.42 Å². The van der Waals surface area contributed by atoms with Gasteiger partial charge >= 0.3 is 0 Å². The Labute approximate surface area is 113 Å². The van der Waals surface area contributed by atoms with Crippen molar-refractivity contribution in [3.63, 3.8) is 0 Å². The molecule has 0 unspecified atom stereocenters. The molecule has 1 aliphatic rings. The Kier molecular flexibility index (Phi) is 3.40. The molecule has 3 rings (SSSR count). The van der Waals surface area contributed by atoms with Gasteiger partial charge in [-0.3, -0.25) is 4.90 Å². The number of aromatic amines is 1. The van der Waals surface area contributed by atoms with E-state index >= 15 is 0 Å². The second-order valence-electron chi connectivity index (χ2n) is 5.10. The number of hydrogen-bond donors (Lipinski definition) is 2. The van der Waals surface area contributed by atoms with Gasteiger partial charge in [-0.05, 0) is 19.9 Å². The van der Waals surface area contributed by atoms with Crippen molar-refractivity contribution < 1.29 is 4.42 Å². The quantitative estimate of drug-likeness (QED) is 0.882. The molecule has 2 aromatic rings. The Morgan fingerprint density at radius 1 is 1.32 bits per heavy atom. The Bertz CT molecular complexity index is 552. The number of aromatic nitrogens is 2. The van der Waals surface area contributed by atoms with E-state index in [-0.39, 0.29) is 0 Å². The molecule has 0 saturated carbocycles. The maximum Gasteiger partial charge on any atom is 0.120 e. The topological polar surface area (TPSA) is 57.1 Å². The van der Waals surface area contributed by atoms with Crippen LogP contribution in [0.3, 0.4) is 0 Å². The molecule has 19 heavy (non-hydrogen) atoms. The summed E-state index contributed by atoms with van der Waals surface area (Å²) in [6, 6.07) is 2.05. The van der Waals surface area contributed by atoms with Crippen molar-refractivity contribution in [3.05, 3.63) is 29.6 Å². The first kappa shape index (κ1) is 12.4. The van der Waals surface area contributed by atoms with Crippen molar-refractivity contribution in [1.29, 1.82) is 0 Å². The van der Waals surface area contributed by atoms with E-state index in [0.717, 1.165) is 61.3 Å². The highest BCUT2D eigenvalue weighted by Gasteiger charge is 2.14. The summed E-state index contributed by atoms with van der Waals surface area (Å²) >= 11 is 0. The minimum atomic E-state index is 0.886. The number of furan rings is 1. The van der Waals surface area contributed by atoms with Crippen molar-refractivity contribution in [2.45, 2.75) is 20.4 Å². The lowest BCUT2D eigenvalue weighted by Gasteiger charge is -2.26. The zero-order valence-electron chi connectivity index (χ0n) is 11.5. The zero-order chi connectivity index (χ0) is 13.2. The van der Waals surface area contributed by atoms with Gasteiger partial charge in [0.05, 0.1) is 18.4 Å². The first-order chi connectivity index (χ1) is 9.22. The fourth-order valence-electron chi connectivity index (χ4n) is 2.56. The minimum Gasteiger partial charge on any atom is -0.466 e. The van der Waals surface area contributed by atoms with E-state index < -0.39 is 0 Å². The molecule has 1 aliphatic heterocycles. The van der Waals surface area contributed by atoms with Crippen LogP contribution in [0.25, 0.3) is 11.3 Å². The third-order valence-corrected chi connectivity index (χ3v) is 3.54. The van der Waals surface area contributed by atoms with Crippen molar-refractivity contribution in [1.82, 2.24) is 20.2 Å². The van der Waals surface area contributed by atoms with Gasteiger partial charge in [0, 0.05) is 31.7 Å². The van der Waals surface area contributed by atoms with Crippen LogP contribution in [0.5, 0.6) is 0 Å². The molecule has 0 radical (unpaired) electrons. The highest BCUT2D eigenvalue weighted by atomic mass is 16.3. The Balaban J connectivity index is 1.74. The molecule has 5 nitrogen and oxygen atoms in total. The predicted molar refractivity (Wildman–Crippen MR) is 73.9 cm³/mol. The molecule has 3 heterocycles. The van der Waals surface area contributed by atoms with Crippen LogP contribution in [0.15, 0.2) is 16.7 Å². The van der Waals surface area contributed by atoms with E-state index in [1.807, 2.05) is 20.0 Å². The summed E-state index contributed by atoms with van der Waals surface area (Å²) in [5.41, 5.74) is 2.15. The first-order valence-electron chi connectivity index (χ1n) is 6.77. The van der Waals surface area contributed by atoms with Gasteiger partial charge in [-0.25, -0.2) is 4.98 Å². The largest absolute Gasteiger partial charge is 0.466 e. The summed E-state index contributed by atoms with van der Waals surface area (Å²) in [6.45, 7) is 9.13. The van der Waals surface area contributed by atoms with E-state index in [1.165, 1.54) is 0 Å². The van der Waals surface area contributed by atoms with Crippen LogP contribution in [0.1, 0.15) is 17.3 Å². The lowest BCUT2D eigenvalue weighted by atomic mass is 10.2. The van der Waals surface area contributed by atoms with Gasteiger partial charge in [-0.1, -0.05) is 0 Å². The smallest absolute Gasteiger partial charge is 0.120 e. The molecule has 5 heteroatoms. The number of hydrogen-bond acceptors (Lipinski definition) is 4. The van der Waals surface area contributed by atoms with E-state index in [9.17, 15) is 0 Å². The van der Waals surface area contributed by atoms with Gasteiger partial charge in [-0.15, -0.1) is 0 Å². The van der Waals surface area contributed by atoms with Crippen LogP contribution in [-0.4, -0.2) is 41.0 Å². The molecule has 0 amide bonds. The zero-order valence-corrected chi connectivity index (χ0v) is 11.5. The van der Waals surface area contributed by atoms with Crippen molar-refractivity contribution >= 4 is 0 Å². The number of aryl methyl sites for hydroxylation is 2. The Hall–Kier alpha value is -1.59. The summed E-state index contributed by atoms with van der Waals surface area (Å²) < 4.78 is 5.56. The van der Waals surface area contributed by atoms with Crippen molar-refractivity contribution in [2.75, 3.05) is 26.2 Å². The molecule has 0 atom stereocenters. The summed E-state index contributed by atoms with van der Waals surface area (Å²) in [5, 5.41) is 3.36. The molecule has 0 bridgehead atoms. The SMILES string of the molecule is Cc1cc(-c2cnc(CN3CCNCC3)[nH]2)c(C)o1. The second-order valence-corrected chi connectivity index (χ2v) is 5.10. The average Bonchev–Trinajstić information content (AvgIpc) is 2.97. The molecule has 2 N–H and O–H groups in total. The van der Waals surface area contributed by atoms with Crippen LogP contribution in [0, 0.1) is 13.8 Å². The standard InChI is InChI=1S/C14H20N4O/c1-10-7-12(11(2)19-10)13-8-16-14(17-13)9-18-5-3-15-4-6-18/h7-8,15H,3-6,9H2,1-2H3,(H,16,17). The molecule has 0 spiro atoms. The highest BCUT2D eigenvalue weighted by molar-refractivity contribution is 5.61. The molecular formula is C14H20N4O. The summed E-state index contributed by atoms with van der Waals surface area (Å²) in [4.78, 5) is 10.3. The number of nitrogens with one attached hydrogen (secondary N) is 2. The molecule has 1 saturated heterocycles.